The molecule has 0 aromatic heterocycles. The molecule has 1 atom stereocenters. The molecule has 0 bridgehead atoms. The van der Waals surface area contributed by atoms with Crippen LogP contribution < -0.4 is 4.72 Å². The monoisotopic (exact) mass is 289 g/mol. The lowest BCUT2D eigenvalue weighted by atomic mass is 10.1. The fraction of sp³-hybridized carbons (Fsp3) is 0.417. The number of sulfonamides is 1. The summed E-state index contributed by atoms with van der Waals surface area (Å²) in [4.78, 5) is 10.6. The van der Waals surface area contributed by atoms with Gasteiger partial charge in [0.1, 0.15) is 5.82 Å². The van der Waals surface area contributed by atoms with Crippen molar-refractivity contribution in [2.75, 3.05) is 6.54 Å². The molecule has 1 rings (SSSR count). The first kappa shape index (κ1) is 15.6. The normalized spacial score (nSPS) is 13.2. The number of carbonyl (C=O) groups is 1. The van der Waals surface area contributed by atoms with E-state index in [-0.39, 0.29) is 17.9 Å². The maximum Gasteiger partial charge on any atom is 0.306 e. The van der Waals surface area contributed by atoms with Crippen molar-refractivity contribution in [3.63, 3.8) is 0 Å². The highest BCUT2D eigenvalue weighted by Crippen LogP contribution is 2.16. The Kier molecular flexibility index (Phi) is 5.02. The van der Waals surface area contributed by atoms with Crippen LogP contribution >= 0.6 is 0 Å². The first-order chi connectivity index (χ1) is 8.74. The van der Waals surface area contributed by atoms with Gasteiger partial charge in [-0.05, 0) is 37.1 Å². The zero-order valence-electron chi connectivity index (χ0n) is 10.7. The van der Waals surface area contributed by atoms with E-state index in [4.69, 9.17) is 5.11 Å². The second-order valence-corrected chi connectivity index (χ2v) is 6.07. The predicted octanol–water partition coefficient (Wildman–Crippen LogP) is 1.52. The molecule has 0 aliphatic heterocycles. The van der Waals surface area contributed by atoms with Gasteiger partial charge in [0.05, 0.1) is 10.8 Å². The van der Waals surface area contributed by atoms with Crippen molar-refractivity contribution >= 4 is 16.0 Å². The van der Waals surface area contributed by atoms with Crippen LogP contribution in [0.1, 0.15) is 18.9 Å². The van der Waals surface area contributed by atoms with E-state index in [0.29, 0.717) is 5.56 Å². The quantitative estimate of drug-likeness (QED) is 0.831. The van der Waals surface area contributed by atoms with E-state index >= 15 is 0 Å². The molecule has 0 radical (unpaired) electrons. The van der Waals surface area contributed by atoms with Gasteiger partial charge in [-0.1, -0.05) is 6.92 Å². The predicted molar refractivity (Wildman–Crippen MR) is 67.7 cm³/mol. The Hall–Kier alpha value is -1.47. The third-order valence-corrected chi connectivity index (χ3v) is 4.34. The molecule has 0 saturated carbocycles. The van der Waals surface area contributed by atoms with Crippen molar-refractivity contribution in [2.24, 2.45) is 5.92 Å². The summed E-state index contributed by atoms with van der Waals surface area (Å²) in [6, 6.07) is 3.39. The molecular weight excluding hydrogens is 273 g/mol. The Balaban J connectivity index is 2.74. The third-order valence-electron chi connectivity index (χ3n) is 2.72. The molecule has 0 fully saturated rings. The lowest BCUT2D eigenvalue weighted by molar-refractivity contribution is -0.141. The molecule has 0 heterocycles. The van der Waals surface area contributed by atoms with Gasteiger partial charge in [0.15, 0.2) is 0 Å². The van der Waals surface area contributed by atoms with Crippen LogP contribution in [0.4, 0.5) is 4.39 Å². The van der Waals surface area contributed by atoms with Gasteiger partial charge in [-0.25, -0.2) is 17.5 Å². The molecule has 19 heavy (non-hydrogen) atoms. The minimum absolute atomic E-state index is 0.00289. The minimum Gasteiger partial charge on any atom is -0.481 e. The van der Waals surface area contributed by atoms with Gasteiger partial charge in [-0.2, -0.15) is 0 Å². The standard InChI is InChI=1S/C12H16FNO4S/c1-8(12(15)16)5-6-14-19(17,18)11-4-3-10(13)7-9(11)2/h3-4,7-8,14H,5-6H2,1-2H3,(H,15,16). The van der Waals surface area contributed by atoms with E-state index in [1.54, 1.807) is 0 Å². The highest BCUT2D eigenvalue weighted by molar-refractivity contribution is 7.89. The zero-order valence-corrected chi connectivity index (χ0v) is 11.5. The van der Waals surface area contributed by atoms with Crippen LogP contribution in [0, 0.1) is 18.7 Å². The van der Waals surface area contributed by atoms with Crippen LogP contribution in [0.2, 0.25) is 0 Å². The third kappa shape index (κ3) is 4.29. The zero-order chi connectivity index (χ0) is 14.6. The summed E-state index contributed by atoms with van der Waals surface area (Å²) in [5.74, 6) is -2.11. The first-order valence-corrected chi connectivity index (χ1v) is 7.21. The van der Waals surface area contributed by atoms with Crippen molar-refractivity contribution in [1.82, 2.24) is 4.72 Å². The van der Waals surface area contributed by atoms with Crippen molar-refractivity contribution < 1.29 is 22.7 Å². The number of hydrogen-bond donors (Lipinski definition) is 2. The molecule has 106 valence electrons. The number of halogens is 1. The van der Waals surface area contributed by atoms with E-state index in [1.165, 1.54) is 19.9 Å². The van der Waals surface area contributed by atoms with E-state index in [2.05, 4.69) is 4.72 Å². The summed E-state index contributed by atoms with van der Waals surface area (Å²) in [6.07, 6.45) is 0.189. The Morgan fingerprint density at radius 2 is 2.11 bits per heavy atom. The number of aliphatic carboxylic acids is 1. The summed E-state index contributed by atoms with van der Waals surface area (Å²) in [5, 5.41) is 8.68. The van der Waals surface area contributed by atoms with Crippen molar-refractivity contribution in [3.8, 4) is 0 Å². The Bertz CT molecular complexity index is 571. The summed E-state index contributed by atoms with van der Waals surface area (Å²) < 4.78 is 39.1. The lowest BCUT2D eigenvalue weighted by Gasteiger charge is -2.10. The molecule has 0 aliphatic carbocycles. The fourth-order valence-corrected chi connectivity index (χ4v) is 2.80. The smallest absolute Gasteiger partial charge is 0.306 e. The number of rotatable bonds is 6. The molecule has 1 aromatic carbocycles. The van der Waals surface area contributed by atoms with Crippen LogP contribution in [0.5, 0.6) is 0 Å². The fourth-order valence-electron chi connectivity index (χ4n) is 1.53. The topological polar surface area (TPSA) is 83.5 Å². The molecule has 7 heteroatoms. The van der Waals surface area contributed by atoms with Gasteiger partial charge >= 0.3 is 5.97 Å². The van der Waals surface area contributed by atoms with Gasteiger partial charge in [0, 0.05) is 6.54 Å². The highest BCUT2D eigenvalue weighted by atomic mass is 32.2. The molecule has 0 spiro atoms. The molecule has 2 N–H and O–H groups in total. The molecule has 1 unspecified atom stereocenters. The average Bonchev–Trinajstić information content (AvgIpc) is 2.27. The van der Waals surface area contributed by atoms with Crippen molar-refractivity contribution in [1.29, 1.82) is 0 Å². The Morgan fingerprint density at radius 3 is 2.63 bits per heavy atom. The largest absolute Gasteiger partial charge is 0.481 e. The lowest BCUT2D eigenvalue weighted by Crippen LogP contribution is -2.27. The highest BCUT2D eigenvalue weighted by Gasteiger charge is 2.18. The van der Waals surface area contributed by atoms with Crippen LogP contribution in [-0.4, -0.2) is 26.0 Å². The van der Waals surface area contributed by atoms with Crippen LogP contribution in [0.25, 0.3) is 0 Å². The molecule has 5 nitrogen and oxygen atoms in total. The molecule has 0 saturated heterocycles. The minimum atomic E-state index is -3.74. The van der Waals surface area contributed by atoms with Gasteiger partial charge < -0.3 is 5.11 Å². The van der Waals surface area contributed by atoms with E-state index in [0.717, 1.165) is 12.1 Å². The van der Waals surface area contributed by atoms with E-state index in [1.807, 2.05) is 0 Å². The van der Waals surface area contributed by atoms with E-state index in [9.17, 15) is 17.6 Å². The number of carboxylic acids is 1. The van der Waals surface area contributed by atoms with Crippen LogP contribution in [0.3, 0.4) is 0 Å². The maximum absolute atomic E-state index is 12.9. The molecular formula is C12H16FNO4S. The second-order valence-electron chi connectivity index (χ2n) is 4.34. The van der Waals surface area contributed by atoms with E-state index < -0.39 is 27.7 Å². The molecule has 0 amide bonds. The van der Waals surface area contributed by atoms with Crippen LogP contribution in [0.15, 0.2) is 23.1 Å². The first-order valence-electron chi connectivity index (χ1n) is 5.72. The molecule has 0 aliphatic rings. The number of hydrogen-bond acceptors (Lipinski definition) is 3. The van der Waals surface area contributed by atoms with Crippen molar-refractivity contribution in [2.45, 2.75) is 25.2 Å². The Morgan fingerprint density at radius 1 is 1.47 bits per heavy atom. The summed E-state index contributed by atoms with van der Waals surface area (Å²) in [7, 11) is -3.74. The number of aryl methyl sites for hydroxylation is 1. The van der Waals surface area contributed by atoms with Gasteiger partial charge in [-0.3, -0.25) is 4.79 Å². The second kappa shape index (κ2) is 6.12. The Labute approximate surface area is 111 Å². The van der Waals surface area contributed by atoms with Gasteiger partial charge in [-0.15, -0.1) is 0 Å². The number of benzene rings is 1. The van der Waals surface area contributed by atoms with Gasteiger partial charge in [0.25, 0.3) is 0 Å². The SMILES string of the molecule is Cc1cc(F)ccc1S(=O)(=O)NCCC(C)C(=O)O. The molecule has 1 aromatic rings. The average molecular weight is 289 g/mol. The summed E-state index contributed by atoms with van der Waals surface area (Å²) in [5.41, 5.74) is 0.304. The number of nitrogens with one attached hydrogen (secondary N) is 1. The maximum atomic E-state index is 12.9. The van der Waals surface area contributed by atoms with Crippen LogP contribution in [-0.2, 0) is 14.8 Å². The van der Waals surface area contributed by atoms with Gasteiger partial charge in [0.2, 0.25) is 10.0 Å². The van der Waals surface area contributed by atoms with Crippen molar-refractivity contribution in [3.05, 3.63) is 29.6 Å². The summed E-state index contributed by atoms with van der Waals surface area (Å²) in [6.45, 7) is 3.02. The number of carboxylic acid groups (broad SMARTS) is 1. The summed E-state index contributed by atoms with van der Waals surface area (Å²) >= 11 is 0.